The molecule has 0 aromatic carbocycles. The highest BCUT2D eigenvalue weighted by Crippen LogP contribution is 2.20. The fraction of sp³-hybridized carbons (Fsp3) is 0.778. The molecule has 0 atom stereocenters. The predicted octanol–water partition coefficient (Wildman–Crippen LogP) is 0.855. The number of rotatable bonds is 4. The Balaban J connectivity index is 3.85. The van der Waals surface area contributed by atoms with Crippen LogP contribution in [0.5, 0.6) is 0 Å². The van der Waals surface area contributed by atoms with Gasteiger partial charge in [-0.3, -0.25) is 14.3 Å². The SMILES string of the molecule is CCC(C)(C)C(=O)NSC(=O)NCCN. The molecule has 0 bridgehead atoms. The molecular weight excluding hydrogens is 214 g/mol. The predicted molar refractivity (Wildman–Crippen MR) is 62.3 cm³/mol. The summed E-state index contributed by atoms with van der Waals surface area (Å²) in [4.78, 5) is 22.6. The summed E-state index contributed by atoms with van der Waals surface area (Å²) in [6, 6.07) is 0. The lowest BCUT2D eigenvalue weighted by Gasteiger charge is -2.20. The summed E-state index contributed by atoms with van der Waals surface area (Å²) >= 11 is 0.762. The first-order valence-electron chi connectivity index (χ1n) is 4.89. The Kier molecular flexibility index (Phi) is 6.35. The number of hydrogen-bond donors (Lipinski definition) is 3. The van der Waals surface area contributed by atoms with Crippen LogP contribution < -0.4 is 15.8 Å². The molecule has 15 heavy (non-hydrogen) atoms. The van der Waals surface area contributed by atoms with Gasteiger partial charge in [-0.1, -0.05) is 20.8 Å². The van der Waals surface area contributed by atoms with Crippen LogP contribution in [0.2, 0.25) is 0 Å². The Morgan fingerprint density at radius 3 is 2.47 bits per heavy atom. The van der Waals surface area contributed by atoms with E-state index in [0.717, 1.165) is 18.4 Å². The van der Waals surface area contributed by atoms with Crippen molar-refractivity contribution in [2.24, 2.45) is 11.1 Å². The van der Waals surface area contributed by atoms with E-state index in [1.807, 2.05) is 20.8 Å². The Morgan fingerprint density at radius 2 is 2.00 bits per heavy atom. The summed E-state index contributed by atoms with van der Waals surface area (Å²) < 4.78 is 2.51. The molecule has 88 valence electrons. The van der Waals surface area contributed by atoms with Crippen molar-refractivity contribution >= 4 is 23.1 Å². The molecule has 0 spiro atoms. The molecule has 0 aliphatic rings. The van der Waals surface area contributed by atoms with Crippen LogP contribution in [0.25, 0.3) is 0 Å². The second kappa shape index (κ2) is 6.68. The van der Waals surface area contributed by atoms with Gasteiger partial charge in [-0.05, 0) is 6.42 Å². The minimum atomic E-state index is -0.443. The van der Waals surface area contributed by atoms with Gasteiger partial charge < -0.3 is 11.1 Å². The maximum atomic E-state index is 11.5. The monoisotopic (exact) mass is 233 g/mol. The molecule has 6 heteroatoms. The largest absolute Gasteiger partial charge is 0.344 e. The van der Waals surface area contributed by atoms with Gasteiger partial charge in [0.15, 0.2) is 0 Å². The van der Waals surface area contributed by atoms with E-state index in [4.69, 9.17) is 5.73 Å². The fourth-order valence-electron chi connectivity index (χ4n) is 0.602. The van der Waals surface area contributed by atoms with E-state index < -0.39 is 5.41 Å². The first kappa shape index (κ1) is 14.2. The average Bonchev–Trinajstić information content (AvgIpc) is 2.22. The van der Waals surface area contributed by atoms with Crippen LogP contribution in [0, 0.1) is 5.41 Å². The van der Waals surface area contributed by atoms with E-state index >= 15 is 0 Å². The molecule has 0 heterocycles. The van der Waals surface area contributed by atoms with E-state index in [9.17, 15) is 9.59 Å². The molecule has 4 N–H and O–H groups in total. The van der Waals surface area contributed by atoms with Crippen molar-refractivity contribution < 1.29 is 9.59 Å². The van der Waals surface area contributed by atoms with E-state index in [1.165, 1.54) is 0 Å². The van der Waals surface area contributed by atoms with E-state index in [1.54, 1.807) is 0 Å². The third-order valence-electron chi connectivity index (χ3n) is 2.15. The minimum absolute atomic E-state index is 0.141. The van der Waals surface area contributed by atoms with Crippen molar-refractivity contribution in [3.8, 4) is 0 Å². The van der Waals surface area contributed by atoms with Crippen molar-refractivity contribution in [1.29, 1.82) is 0 Å². The zero-order valence-corrected chi connectivity index (χ0v) is 10.2. The van der Waals surface area contributed by atoms with Gasteiger partial charge in [-0.25, -0.2) is 0 Å². The highest BCUT2D eigenvalue weighted by Gasteiger charge is 2.25. The second-order valence-corrected chi connectivity index (χ2v) is 4.55. The van der Waals surface area contributed by atoms with Crippen LogP contribution in [-0.4, -0.2) is 24.2 Å². The highest BCUT2D eigenvalue weighted by atomic mass is 32.2. The summed E-state index contributed by atoms with van der Waals surface area (Å²) in [5, 5.41) is 2.25. The molecule has 0 aliphatic heterocycles. The van der Waals surface area contributed by atoms with Crippen molar-refractivity contribution in [2.75, 3.05) is 13.1 Å². The van der Waals surface area contributed by atoms with Crippen LogP contribution in [0.3, 0.4) is 0 Å². The second-order valence-electron chi connectivity index (χ2n) is 3.77. The van der Waals surface area contributed by atoms with Gasteiger partial charge in [0, 0.05) is 18.5 Å². The van der Waals surface area contributed by atoms with Gasteiger partial charge in [0.25, 0.3) is 5.24 Å². The maximum absolute atomic E-state index is 11.5. The molecule has 5 nitrogen and oxygen atoms in total. The zero-order valence-electron chi connectivity index (χ0n) is 9.42. The lowest BCUT2D eigenvalue weighted by molar-refractivity contribution is -0.127. The Labute approximate surface area is 94.7 Å². The van der Waals surface area contributed by atoms with Crippen molar-refractivity contribution in [3.63, 3.8) is 0 Å². The maximum Gasteiger partial charge on any atom is 0.299 e. The normalized spacial score (nSPS) is 10.9. The minimum Gasteiger partial charge on any atom is -0.344 e. The number of carbonyl (C=O) groups excluding carboxylic acids is 2. The number of nitrogens with two attached hydrogens (primary N) is 1. The molecule has 0 unspecified atom stereocenters. The van der Waals surface area contributed by atoms with E-state index in [0.29, 0.717) is 13.1 Å². The Morgan fingerprint density at radius 1 is 1.40 bits per heavy atom. The van der Waals surface area contributed by atoms with Gasteiger partial charge in [-0.15, -0.1) is 0 Å². The molecule has 0 radical (unpaired) electrons. The summed E-state index contributed by atoms with van der Waals surface area (Å²) in [6.07, 6.45) is 0.726. The average molecular weight is 233 g/mol. The van der Waals surface area contributed by atoms with E-state index in [2.05, 4.69) is 10.0 Å². The molecular formula is C9H19N3O2S. The molecule has 0 aliphatic carbocycles. The Bertz CT molecular complexity index is 231. The van der Waals surface area contributed by atoms with Gasteiger partial charge in [0.1, 0.15) is 0 Å². The summed E-state index contributed by atoms with van der Waals surface area (Å²) in [6.45, 7) is 6.40. The van der Waals surface area contributed by atoms with Crippen LogP contribution in [-0.2, 0) is 4.79 Å². The highest BCUT2D eigenvalue weighted by molar-refractivity contribution is 8.12. The van der Waals surface area contributed by atoms with E-state index in [-0.39, 0.29) is 11.1 Å². The van der Waals surface area contributed by atoms with Crippen LogP contribution in [0.4, 0.5) is 4.79 Å². The van der Waals surface area contributed by atoms with Gasteiger partial charge >= 0.3 is 0 Å². The van der Waals surface area contributed by atoms with Crippen molar-refractivity contribution in [1.82, 2.24) is 10.0 Å². The molecule has 0 aromatic heterocycles. The van der Waals surface area contributed by atoms with Crippen LogP contribution in [0.1, 0.15) is 27.2 Å². The van der Waals surface area contributed by atoms with Crippen LogP contribution >= 0.6 is 11.9 Å². The Hall–Kier alpha value is -0.750. The van der Waals surface area contributed by atoms with Gasteiger partial charge in [0.05, 0.1) is 11.9 Å². The van der Waals surface area contributed by atoms with Gasteiger partial charge in [0.2, 0.25) is 5.91 Å². The summed E-state index contributed by atoms with van der Waals surface area (Å²) in [7, 11) is 0. The zero-order chi connectivity index (χ0) is 11.9. The number of nitrogens with one attached hydrogen (secondary N) is 2. The molecule has 0 saturated carbocycles. The molecule has 0 saturated heterocycles. The fourth-order valence-corrected chi connectivity index (χ4v) is 1.24. The molecule has 0 rings (SSSR count). The quantitative estimate of drug-likeness (QED) is 0.629. The first-order chi connectivity index (χ1) is 6.94. The molecule has 0 aromatic rings. The lowest BCUT2D eigenvalue weighted by Crippen LogP contribution is -2.35. The molecule has 0 fully saturated rings. The lowest BCUT2D eigenvalue weighted by atomic mass is 9.90. The summed E-state index contributed by atoms with van der Waals surface area (Å²) in [5.41, 5.74) is 4.77. The van der Waals surface area contributed by atoms with Gasteiger partial charge in [-0.2, -0.15) is 0 Å². The number of hydrogen-bond acceptors (Lipinski definition) is 4. The van der Waals surface area contributed by atoms with Crippen LogP contribution in [0.15, 0.2) is 0 Å². The van der Waals surface area contributed by atoms with Crippen molar-refractivity contribution in [2.45, 2.75) is 27.2 Å². The smallest absolute Gasteiger partial charge is 0.299 e. The third-order valence-corrected chi connectivity index (χ3v) is 2.77. The summed E-state index contributed by atoms with van der Waals surface area (Å²) in [5.74, 6) is -0.141. The molecule has 2 amide bonds. The number of carbonyl (C=O) groups is 2. The third kappa shape index (κ3) is 5.64. The van der Waals surface area contributed by atoms with Crippen molar-refractivity contribution in [3.05, 3.63) is 0 Å². The number of amides is 2. The topological polar surface area (TPSA) is 84.2 Å². The standard InChI is InChI=1S/C9H19N3O2S/c1-4-9(2,3)7(13)12-15-8(14)11-6-5-10/h4-6,10H2,1-3H3,(H,11,14)(H,12,13). The first-order valence-corrected chi connectivity index (χ1v) is 5.71.